The van der Waals surface area contributed by atoms with Gasteiger partial charge in [-0.15, -0.1) is 0 Å². The van der Waals surface area contributed by atoms with Gasteiger partial charge in [0.05, 0.1) is 6.54 Å². The van der Waals surface area contributed by atoms with Crippen LogP contribution < -0.4 is 16.1 Å². The molecule has 4 aromatic rings. The number of imidazole rings is 1. The zero-order valence-electron chi connectivity index (χ0n) is 18.9. The summed E-state index contributed by atoms with van der Waals surface area (Å²) in [6.07, 6.45) is 0. The van der Waals surface area contributed by atoms with Gasteiger partial charge in [0.1, 0.15) is 0 Å². The van der Waals surface area contributed by atoms with Crippen LogP contribution in [-0.2, 0) is 20.1 Å². The summed E-state index contributed by atoms with van der Waals surface area (Å²) in [4.78, 5) is 46.1. The number of aromatic nitrogens is 4. The van der Waals surface area contributed by atoms with Crippen molar-refractivity contribution in [2.24, 2.45) is 13.0 Å². The van der Waals surface area contributed by atoms with Crippen molar-refractivity contribution in [2.45, 2.75) is 26.9 Å². The largest absolute Gasteiger partial charge is 0.332 e. The first kappa shape index (κ1) is 20.9. The molecule has 0 unspecified atom stereocenters. The van der Waals surface area contributed by atoms with Crippen molar-refractivity contribution in [1.29, 1.82) is 0 Å². The van der Waals surface area contributed by atoms with E-state index in [1.165, 1.54) is 4.57 Å². The third kappa shape index (κ3) is 3.47. The van der Waals surface area contributed by atoms with Crippen molar-refractivity contribution in [3.05, 3.63) is 86.6 Å². The maximum absolute atomic E-state index is 13.5. The Morgan fingerprint density at radius 2 is 1.73 bits per heavy atom. The second-order valence-corrected chi connectivity index (χ2v) is 8.77. The monoisotopic (exact) mass is 443 g/mol. The van der Waals surface area contributed by atoms with E-state index < -0.39 is 11.2 Å². The topological polar surface area (TPSA) is 82.1 Å². The molecule has 8 nitrogen and oxygen atoms in total. The first-order valence-electron chi connectivity index (χ1n) is 11.0. The number of benzene rings is 2. The van der Waals surface area contributed by atoms with Crippen LogP contribution in [0.15, 0.2) is 64.2 Å². The summed E-state index contributed by atoms with van der Waals surface area (Å²) in [5.41, 5.74) is 2.22. The van der Waals surface area contributed by atoms with Crippen molar-refractivity contribution in [3.63, 3.8) is 0 Å². The van der Waals surface area contributed by atoms with Crippen LogP contribution in [0.1, 0.15) is 22.8 Å². The minimum absolute atomic E-state index is 0.257. The zero-order valence-corrected chi connectivity index (χ0v) is 18.9. The Labute approximate surface area is 190 Å². The van der Waals surface area contributed by atoms with Crippen molar-refractivity contribution in [1.82, 2.24) is 18.7 Å². The van der Waals surface area contributed by atoms with Gasteiger partial charge in [0, 0.05) is 31.4 Å². The van der Waals surface area contributed by atoms with Gasteiger partial charge >= 0.3 is 5.69 Å². The lowest BCUT2D eigenvalue weighted by Gasteiger charge is -2.33. The number of hydrogen-bond donors (Lipinski definition) is 0. The molecule has 1 atom stereocenters. The molecule has 0 bridgehead atoms. The number of rotatable bonds is 4. The first-order chi connectivity index (χ1) is 15.8. The molecule has 1 aliphatic heterocycles. The molecule has 33 heavy (non-hydrogen) atoms. The van der Waals surface area contributed by atoms with E-state index in [9.17, 15) is 14.4 Å². The summed E-state index contributed by atoms with van der Waals surface area (Å²) in [6, 6.07) is 16.8. The molecule has 0 amide bonds. The normalized spacial score (nSPS) is 15.6. The van der Waals surface area contributed by atoms with E-state index >= 15 is 0 Å². The lowest BCUT2D eigenvalue weighted by Crippen LogP contribution is -2.42. The van der Waals surface area contributed by atoms with Crippen LogP contribution in [-0.4, -0.2) is 31.0 Å². The van der Waals surface area contributed by atoms with Crippen molar-refractivity contribution < 1.29 is 4.79 Å². The van der Waals surface area contributed by atoms with Crippen LogP contribution >= 0.6 is 0 Å². The Morgan fingerprint density at radius 1 is 1.03 bits per heavy atom. The Bertz CT molecular complexity index is 1480. The highest BCUT2D eigenvalue weighted by atomic mass is 16.2. The van der Waals surface area contributed by atoms with E-state index in [1.807, 2.05) is 41.8 Å². The number of ketones is 1. The van der Waals surface area contributed by atoms with E-state index in [4.69, 9.17) is 4.98 Å². The average molecular weight is 444 g/mol. The SMILES string of the molecule is Cc1ccc(N2C[C@@H](C)Cn3c2nc2c3c(=O)n(CC(=O)c3ccccc3)c(=O)n2C)cc1. The summed E-state index contributed by atoms with van der Waals surface area (Å²) in [5.74, 6) is 0.598. The number of anilines is 2. The lowest BCUT2D eigenvalue weighted by molar-refractivity contribution is 0.0969. The summed E-state index contributed by atoms with van der Waals surface area (Å²) in [5, 5.41) is 0. The number of hydrogen-bond acceptors (Lipinski definition) is 5. The van der Waals surface area contributed by atoms with Gasteiger partial charge < -0.3 is 9.47 Å². The van der Waals surface area contributed by atoms with Crippen LogP contribution in [0.3, 0.4) is 0 Å². The van der Waals surface area contributed by atoms with E-state index in [0.717, 1.165) is 22.4 Å². The molecule has 0 saturated carbocycles. The number of Topliss-reactive ketones (excluding diaryl/α,β-unsaturated/α-hetero) is 1. The van der Waals surface area contributed by atoms with Gasteiger partial charge in [0.15, 0.2) is 16.9 Å². The zero-order chi connectivity index (χ0) is 23.3. The average Bonchev–Trinajstić information content (AvgIpc) is 3.20. The fourth-order valence-corrected chi connectivity index (χ4v) is 4.45. The van der Waals surface area contributed by atoms with Crippen molar-refractivity contribution >= 4 is 28.6 Å². The fraction of sp³-hybridized carbons (Fsp3) is 0.280. The number of aryl methyl sites for hydroxylation is 2. The Morgan fingerprint density at radius 3 is 2.42 bits per heavy atom. The smallest absolute Gasteiger partial charge is 0.312 e. The summed E-state index contributed by atoms with van der Waals surface area (Å²) in [7, 11) is 1.59. The highest BCUT2D eigenvalue weighted by molar-refractivity contribution is 5.96. The molecule has 168 valence electrons. The van der Waals surface area contributed by atoms with Crippen LogP contribution in [0.5, 0.6) is 0 Å². The van der Waals surface area contributed by atoms with Crippen molar-refractivity contribution in [2.75, 3.05) is 11.4 Å². The van der Waals surface area contributed by atoms with E-state index in [-0.39, 0.29) is 18.2 Å². The van der Waals surface area contributed by atoms with E-state index in [1.54, 1.807) is 31.3 Å². The third-order valence-corrected chi connectivity index (χ3v) is 6.19. The molecule has 0 saturated heterocycles. The predicted molar refractivity (Wildman–Crippen MR) is 127 cm³/mol. The van der Waals surface area contributed by atoms with Crippen LogP contribution in [0.25, 0.3) is 11.2 Å². The number of nitrogens with zero attached hydrogens (tertiary/aromatic N) is 5. The van der Waals surface area contributed by atoms with E-state index in [0.29, 0.717) is 29.2 Å². The second kappa shape index (κ2) is 7.88. The maximum Gasteiger partial charge on any atom is 0.332 e. The molecule has 2 aromatic carbocycles. The molecule has 0 radical (unpaired) electrons. The maximum atomic E-state index is 13.5. The molecule has 0 N–H and O–H groups in total. The lowest BCUT2D eigenvalue weighted by atomic mass is 10.1. The van der Waals surface area contributed by atoms with Crippen LogP contribution in [0.4, 0.5) is 11.6 Å². The number of carbonyl (C=O) groups is 1. The van der Waals surface area contributed by atoms with Crippen LogP contribution in [0, 0.1) is 12.8 Å². The number of fused-ring (bicyclic) bond motifs is 3. The van der Waals surface area contributed by atoms with Crippen molar-refractivity contribution in [3.8, 4) is 0 Å². The molecule has 8 heteroatoms. The summed E-state index contributed by atoms with van der Waals surface area (Å²) >= 11 is 0. The van der Waals surface area contributed by atoms with Gasteiger partial charge in [0.2, 0.25) is 5.95 Å². The first-order valence-corrected chi connectivity index (χ1v) is 11.0. The predicted octanol–water partition coefficient (Wildman–Crippen LogP) is 2.88. The van der Waals surface area contributed by atoms with Gasteiger partial charge in [-0.25, -0.2) is 4.79 Å². The molecule has 3 heterocycles. The fourth-order valence-electron chi connectivity index (χ4n) is 4.45. The Kier molecular flexibility index (Phi) is 5.00. The summed E-state index contributed by atoms with van der Waals surface area (Å²) < 4.78 is 4.26. The highest BCUT2D eigenvalue weighted by Crippen LogP contribution is 2.32. The Hall–Kier alpha value is -3.94. The quantitative estimate of drug-likeness (QED) is 0.453. The molecule has 0 spiro atoms. The molecule has 5 rings (SSSR count). The minimum atomic E-state index is -0.554. The molecule has 1 aliphatic rings. The van der Waals surface area contributed by atoms with Gasteiger partial charge in [-0.3, -0.25) is 18.7 Å². The van der Waals surface area contributed by atoms with Gasteiger partial charge in [-0.05, 0) is 25.0 Å². The van der Waals surface area contributed by atoms with Crippen LogP contribution in [0.2, 0.25) is 0 Å². The molecular formula is C25H25N5O3. The molecule has 0 fully saturated rings. The van der Waals surface area contributed by atoms with Gasteiger partial charge in [-0.2, -0.15) is 4.98 Å². The Balaban J connectivity index is 1.68. The second-order valence-electron chi connectivity index (χ2n) is 8.77. The molecular weight excluding hydrogens is 418 g/mol. The minimum Gasteiger partial charge on any atom is -0.312 e. The van der Waals surface area contributed by atoms with E-state index in [2.05, 4.69) is 11.8 Å². The van der Waals surface area contributed by atoms with Gasteiger partial charge in [-0.1, -0.05) is 55.0 Å². The molecule has 2 aromatic heterocycles. The van der Waals surface area contributed by atoms with Gasteiger partial charge in [0.25, 0.3) is 5.56 Å². The highest BCUT2D eigenvalue weighted by Gasteiger charge is 2.30. The molecule has 0 aliphatic carbocycles. The number of carbonyl (C=O) groups excluding carboxylic acids is 1. The third-order valence-electron chi connectivity index (χ3n) is 6.19. The standard InChI is InChI=1S/C25H25N5O3/c1-16-9-11-19(12-10-16)28-13-17(2)14-29-21-22(26-24(28)29)27(3)25(33)30(23(21)32)15-20(31)18-7-5-4-6-8-18/h4-12,17H,13-15H2,1-3H3/t17-/m1/s1. The summed E-state index contributed by atoms with van der Waals surface area (Å²) in [6.45, 7) is 5.20.